The molecule has 1 amide bonds. The number of hydrogen-bond acceptors (Lipinski definition) is 4. The van der Waals surface area contributed by atoms with Crippen molar-refractivity contribution in [1.29, 1.82) is 0 Å². The minimum atomic E-state index is -0.449. The van der Waals surface area contributed by atoms with Gasteiger partial charge in [-0.25, -0.2) is 4.79 Å². The molecule has 2 aromatic carbocycles. The Kier molecular flexibility index (Phi) is 7.59. The van der Waals surface area contributed by atoms with Crippen LogP contribution in [0.25, 0.3) is 6.08 Å². The molecule has 0 aromatic heterocycles. The van der Waals surface area contributed by atoms with Gasteiger partial charge in [0.15, 0.2) is 11.5 Å². The molecule has 0 unspecified atom stereocenters. The number of carbonyl (C=O) groups is 1. The van der Waals surface area contributed by atoms with Crippen LogP contribution < -0.4 is 14.8 Å². The molecular formula is C19H20INO4. The molecule has 0 saturated carbocycles. The van der Waals surface area contributed by atoms with E-state index in [1.54, 1.807) is 14.2 Å². The van der Waals surface area contributed by atoms with Crippen LogP contribution >= 0.6 is 22.6 Å². The fourth-order valence-electron chi connectivity index (χ4n) is 2.15. The molecule has 0 bridgehead atoms. The predicted octanol–water partition coefficient (Wildman–Crippen LogP) is 4.25. The Bertz CT molecular complexity index is 732. The maximum Gasteiger partial charge on any atom is 0.407 e. The fraction of sp³-hybridized carbons (Fsp3) is 0.211. The van der Waals surface area contributed by atoms with E-state index >= 15 is 0 Å². The number of halogens is 1. The van der Waals surface area contributed by atoms with Crippen LogP contribution in [0.5, 0.6) is 11.5 Å². The number of ether oxygens (including phenoxy) is 3. The number of alkyl carbamates (subject to hydrolysis) is 1. The Morgan fingerprint density at radius 3 is 2.60 bits per heavy atom. The lowest BCUT2D eigenvalue weighted by Gasteiger charge is -2.10. The normalized spacial score (nSPS) is 10.5. The molecule has 25 heavy (non-hydrogen) atoms. The molecule has 1 N–H and O–H groups in total. The Balaban J connectivity index is 1.83. The van der Waals surface area contributed by atoms with Crippen LogP contribution in [0.2, 0.25) is 0 Å². The van der Waals surface area contributed by atoms with Gasteiger partial charge in [0.2, 0.25) is 0 Å². The quantitative estimate of drug-likeness (QED) is 0.638. The van der Waals surface area contributed by atoms with Gasteiger partial charge in [-0.15, -0.1) is 0 Å². The van der Waals surface area contributed by atoms with Crippen molar-refractivity contribution in [2.24, 2.45) is 0 Å². The lowest BCUT2D eigenvalue weighted by molar-refractivity contribution is 0.141. The summed E-state index contributed by atoms with van der Waals surface area (Å²) in [6, 6.07) is 13.4. The number of nitrogens with one attached hydrogen (secondary N) is 1. The fourth-order valence-corrected chi connectivity index (χ4v) is 2.99. The molecular weight excluding hydrogens is 433 g/mol. The number of benzene rings is 2. The van der Waals surface area contributed by atoms with Crippen LogP contribution in [0, 0.1) is 3.57 Å². The topological polar surface area (TPSA) is 56.8 Å². The highest BCUT2D eigenvalue weighted by Gasteiger charge is 2.09. The minimum Gasteiger partial charge on any atom is -0.493 e. The third-order valence-corrected chi connectivity index (χ3v) is 4.14. The van der Waals surface area contributed by atoms with Gasteiger partial charge in [0.25, 0.3) is 0 Å². The maximum atomic E-state index is 11.7. The van der Waals surface area contributed by atoms with Crippen molar-refractivity contribution in [1.82, 2.24) is 5.32 Å². The summed E-state index contributed by atoms with van der Waals surface area (Å²) >= 11 is 2.19. The number of methoxy groups -OCH3 is 2. The molecule has 0 atom stereocenters. The van der Waals surface area contributed by atoms with Gasteiger partial charge < -0.3 is 19.5 Å². The summed E-state index contributed by atoms with van der Waals surface area (Å²) in [5.41, 5.74) is 1.91. The first-order valence-corrected chi connectivity index (χ1v) is 8.74. The Labute approximate surface area is 161 Å². The summed E-state index contributed by atoms with van der Waals surface area (Å²) in [4.78, 5) is 11.7. The van der Waals surface area contributed by atoms with Gasteiger partial charge in [-0.05, 0) is 45.9 Å². The van der Waals surface area contributed by atoms with Crippen molar-refractivity contribution in [3.8, 4) is 11.5 Å². The summed E-state index contributed by atoms with van der Waals surface area (Å²) in [6.45, 7) is 0.628. The smallest absolute Gasteiger partial charge is 0.407 e. The Morgan fingerprint density at radius 2 is 1.92 bits per heavy atom. The number of carbonyl (C=O) groups excluding carboxylic acids is 1. The standard InChI is InChI=1S/C19H20INO4/c1-23-17-12-15(11-16(20)18(17)24-2)9-6-10-21-19(22)25-13-14-7-4-3-5-8-14/h3-9,11-12H,10,13H2,1-2H3,(H,21,22). The van der Waals surface area contributed by atoms with Crippen LogP contribution in [0.3, 0.4) is 0 Å². The van der Waals surface area contributed by atoms with Gasteiger partial charge in [-0.2, -0.15) is 0 Å². The second-order valence-corrected chi connectivity index (χ2v) is 6.25. The van der Waals surface area contributed by atoms with Crippen LogP contribution in [0.4, 0.5) is 4.79 Å². The third kappa shape index (κ3) is 5.97. The number of amides is 1. The maximum absolute atomic E-state index is 11.7. The zero-order valence-electron chi connectivity index (χ0n) is 14.1. The minimum absolute atomic E-state index is 0.254. The van der Waals surface area contributed by atoms with E-state index in [4.69, 9.17) is 14.2 Å². The summed E-state index contributed by atoms with van der Waals surface area (Å²) in [6.07, 6.45) is 3.30. The molecule has 6 heteroatoms. The van der Waals surface area contributed by atoms with Crippen molar-refractivity contribution in [3.05, 3.63) is 63.2 Å². The second kappa shape index (κ2) is 9.93. The number of hydrogen-bond donors (Lipinski definition) is 1. The van der Waals surface area contributed by atoms with Gasteiger partial charge in [0, 0.05) is 6.54 Å². The predicted molar refractivity (Wildman–Crippen MR) is 106 cm³/mol. The molecule has 2 rings (SSSR count). The first-order valence-electron chi connectivity index (χ1n) is 7.66. The van der Waals surface area contributed by atoms with E-state index in [2.05, 4.69) is 27.9 Å². The summed E-state index contributed by atoms with van der Waals surface area (Å²) in [5, 5.41) is 2.68. The van der Waals surface area contributed by atoms with Gasteiger partial charge >= 0.3 is 6.09 Å². The van der Waals surface area contributed by atoms with E-state index in [1.807, 2.05) is 54.6 Å². The molecule has 5 nitrogen and oxygen atoms in total. The van der Waals surface area contributed by atoms with Gasteiger partial charge in [0.05, 0.1) is 17.8 Å². The average molecular weight is 453 g/mol. The van der Waals surface area contributed by atoms with E-state index in [1.165, 1.54) is 0 Å². The summed E-state index contributed by atoms with van der Waals surface area (Å²) in [7, 11) is 3.21. The monoisotopic (exact) mass is 453 g/mol. The molecule has 2 aromatic rings. The van der Waals surface area contributed by atoms with Crippen LogP contribution in [0.1, 0.15) is 11.1 Å². The molecule has 0 aliphatic rings. The molecule has 0 aliphatic heterocycles. The zero-order chi connectivity index (χ0) is 18.1. The van der Waals surface area contributed by atoms with Crippen molar-refractivity contribution < 1.29 is 19.0 Å². The Hall–Kier alpha value is -2.22. The first-order chi connectivity index (χ1) is 12.1. The van der Waals surface area contributed by atoms with Crippen molar-refractivity contribution >= 4 is 34.8 Å². The third-order valence-electron chi connectivity index (χ3n) is 3.34. The van der Waals surface area contributed by atoms with E-state index in [-0.39, 0.29) is 6.61 Å². The highest BCUT2D eigenvalue weighted by Crippen LogP contribution is 2.33. The largest absolute Gasteiger partial charge is 0.493 e. The highest BCUT2D eigenvalue weighted by molar-refractivity contribution is 14.1. The van der Waals surface area contributed by atoms with Gasteiger partial charge in [-0.1, -0.05) is 42.5 Å². The molecule has 0 aliphatic carbocycles. The molecule has 132 valence electrons. The van der Waals surface area contributed by atoms with E-state index in [0.29, 0.717) is 18.0 Å². The lowest BCUT2D eigenvalue weighted by atomic mass is 10.2. The van der Waals surface area contributed by atoms with E-state index in [9.17, 15) is 4.79 Å². The SMILES string of the molecule is COc1cc(C=CCNC(=O)OCc2ccccc2)cc(I)c1OC. The average Bonchev–Trinajstić information content (AvgIpc) is 2.64. The van der Waals surface area contributed by atoms with Gasteiger partial charge in [-0.3, -0.25) is 0 Å². The van der Waals surface area contributed by atoms with Crippen molar-refractivity contribution in [2.45, 2.75) is 6.61 Å². The van der Waals surface area contributed by atoms with E-state index < -0.39 is 6.09 Å². The number of rotatable bonds is 7. The molecule has 0 fully saturated rings. The van der Waals surface area contributed by atoms with Crippen LogP contribution in [-0.2, 0) is 11.3 Å². The molecule has 0 heterocycles. The van der Waals surface area contributed by atoms with Crippen LogP contribution in [0.15, 0.2) is 48.5 Å². The highest BCUT2D eigenvalue weighted by atomic mass is 127. The van der Waals surface area contributed by atoms with E-state index in [0.717, 1.165) is 14.7 Å². The lowest BCUT2D eigenvalue weighted by Crippen LogP contribution is -2.24. The van der Waals surface area contributed by atoms with Crippen molar-refractivity contribution in [2.75, 3.05) is 20.8 Å². The summed E-state index contributed by atoms with van der Waals surface area (Å²) in [5.74, 6) is 1.38. The second-order valence-electron chi connectivity index (χ2n) is 5.08. The molecule has 0 spiro atoms. The van der Waals surface area contributed by atoms with Crippen LogP contribution in [-0.4, -0.2) is 26.9 Å². The molecule has 0 saturated heterocycles. The van der Waals surface area contributed by atoms with Gasteiger partial charge in [0.1, 0.15) is 6.61 Å². The molecule has 0 radical (unpaired) electrons. The van der Waals surface area contributed by atoms with Crippen molar-refractivity contribution in [3.63, 3.8) is 0 Å². The Morgan fingerprint density at radius 1 is 1.16 bits per heavy atom. The zero-order valence-corrected chi connectivity index (χ0v) is 16.3. The first kappa shape index (κ1) is 19.1. The summed E-state index contributed by atoms with van der Waals surface area (Å²) < 4.78 is 16.7.